The Balaban J connectivity index is 2.06. The molecule has 0 aliphatic carbocycles. The van der Waals surface area contributed by atoms with E-state index in [-0.39, 0.29) is 6.04 Å². The van der Waals surface area contributed by atoms with Crippen molar-refractivity contribution in [1.29, 1.82) is 0 Å². The van der Waals surface area contributed by atoms with Gasteiger partial charge in [0.15, 0.2) is 0 Å². The van der Waals surface area contributed by atoms with Gasteiger partial charge in [-0.1, -0.05) is 36.2 Å². The molecule has 2 unspecified atom stereocenters. The van der Waals surface area contributed by atoms with Crippen LogP contribution >= 0.6 is 23.2 Å². The maximum Gasteiger partial charge on any atom is 0.0486 e. The summed E-state index contributed by atoms with van der Waals surface area (Å²) in [5.41, 5.74) is 7.10. The highest BCUT2D eigenvalue weighted by atomic mass is 35.5. The third-order valence-electron chi connectivity index (χ3n) is 4.55. The van der Waals surface area contributed by atoms with Gasteiger partial charge in [0.2, 0.25) is 0 Å². The lowest BCUT2D eigenvalue weighted by atomic mass is 10.0. The number of nitrogens with zero attached hydrogens (tertiary/aromatic N) is 2. The van der Waals surface area contributed by atoms with Gasteiger partial charge in [-0.25, -0.2) is 0 Å². The van der Waals surface area contributed by atoms with E-state index < -0.39 is 0 Å². The van der Waals surface area contributed by atoms with Gasteiger partial charge >= 0.3 is 0 Å². The van der Waals surface area contributed by atoms with E-state index in [1.807, 2.05) is 12.1 Å². The molecule has 2 atom stereocenters. The van der Waals surface area contributed by atoms with Crippen LogP contribution in [-0.4, -0.2) is 48.6 Å². The minimum atomic E-state index is 0.175. The second kappa shape index (κ2) is 7.80. The lowest BCUT2D eigenvalue weighted by Crippen LogP contribution is -2.51. The van der Waals surface area contributed by atoms with Crippen molar-refractivity contribution in [3.05, 3.63) is 33.8 Å². The van der Waals surface area contributed by atoms with E-state index in [0.29, 0.717) is 22.6 Å². The van der Waals surface area contributed by atoms with E-state index in [0.717, 1.165) is 31.7 Å². The van der Waals surface area contributed by atoms with E-state index >= 15 is 0 Å². The van der Waals surface area contributed by atoms with Crippen LogP contribution in [0, 0.1) is 0 Å². The molecule has 1 saturated heterocycles. The molecule has 0 bridgehead atoms. The van der Waals surface area contributed by atoms with E-state index in [4.69, 9.17) is 28.9 Å². The number of nitrogens with two attached hydrogens (primary N) is 1. The molecule has 1 heterocycles. The molecule has 0 spiro atoms. The van der Waals surface area contributed by atoms with Gasteiger partial charge < -0.3 is 5.73 Å². The molecule has 1 fully saturated rings. The van der Waals surface area contributed by atoms with Crippen LogP contribution in [-0.2, 0) is 0 Å². The summed E-state index contributed by atoms with van der Waals surface area (Å²) in [4.78, 5) is 4.99. The molecule has 118 valence electrons. The van der Waals surface area contributed by atoms with Crippen molar-refractivity contribution in [3.63, 3.8) is 0 Å². The highest BCUT2D eigenvalue weighted by Crippen LogP contribution is 2.30. The Morgan fingerprint density at radius 2 is 1.76 bits per heavy atom. The van der Waals surface area contributed by atoms with Crippen LogP contribution in [0.15, 0.2) is 18.2 Å². The first-order valence-corrected chi connectivity index (χ1v) is 8.45. The molecular weight excluding hydrogens is 305 g/mol. The van der Waals surface area contributed by atoms with Crippen molar-refractivity contribution in [1.82, 2.24) is 9.80 Å². The van der Waals surface area contributed by atoms with Crippen molar-refractivity contribution >= 4 is 23.2 Å². The minimum Gasteiger partial charge on any atom is -0.329 e. The number of piperazine rings is 1. The molecule has 1 aliphatic rings. The fraction of sp³-hybridized carbons (Fsp3) is 0.625. The number of hydrogen-bond donors (Lipinski definition) is 1. The van der Waals surface area contributed by atoms with Crippen molar-refractivity contribution in [2.24, 2.45) is 5.73 Å². The Morgan fingerprint density at radius 1 is 1.14 bits per heavy atom. The van der Waals surface area contributed by atoms with Crippen LogP contribution in [0.5, 0.6) is 0 Å². The third-order valence-corrected chi connectivity index (χ3v) is 5.11. The number of rotatable bonds is 5. The van der Waals surface area contributed by atoms with Crippen molar-refractivity contribution in [2.45, 2.75) is 32.4 Å². The van der Waals surface area contributed by atoms with Gasteiger partial charge in [0, 0.05) is 54.9 Å². The van der Waals surface area contributed by atoms with Crippen molar-refractivity contribution in [2.75, 3.05) is 32.7 Å². The lowest BCUT2D eigenvalue weighted by molar-refractivity contribution is 0.0744. The number of hydrogen-bond acceptors (Lipinski definition) is 3. The average molecular weight is 330 g/mol. The first-order valence-electron chi connectivity index (χ1n) is 7.70. The molecule has 21 heavy (non-hydrogen) atoms. The van der Waals surface area contributed by atoms with E-state index in [1.54, 1.807) is 6.07 Å². The third kappa shape index (κ3) is 4.11. The Bertz CT molecular complexity index is 459. The van der Waals surface area contributed by atoms with E-state index in [1.165, 1.54) is 6.42 Å². The van der Waals surface area contributed by atoms with Crippen LogP contribution in [0.4, 0.5) is 0 Å². The molecular formula is C16H25Cl2N3. The Hall–Kier alpha value is -0.320. The van der Waals surface area contributed by atoms with Crippen LogP contribution in [0.1, 0.15) is 31.9 Å². The second-order valence-corrected chi connectivity index (χ2v) is 6.59. The zero-order valence-corrected chi connectivity index (χ0v) is 14.4. The summed E-state index contributed by atoms with van der Waals surface area (Å²) in [7, 11) is 0. The molecule has 0 saturated carbocycles. The SMILES string of the molecule is CCC(C)N1CCN(C(CN)c2ccc(Cl)cc2Cl)CC1. The van der Waals surface area contributed by atoms with Gasteiger partial charge in [0.1, 0.15) is 0 Å². The maximum absolute atomic E-state index is 6.35. The van der Waals surface area contributed by atoms with Crippen LogP contribution < -0.4 is 5.73 Å². The van der Waals surface area contributed by atoms with Crippen molar-refractivity contribution < 1.29 is 0 Å². The molecule has 1 aliphatic heterocycles. The molecule has 0 aromatic heterocycles. The van der Waals surface area contributed by atoms with Gasteiger partial charge in [0.05, 0.1) is 0 Å². The topological polar surface area (TPSA) is 32.5 Å². The summed E-state index contributed by atoms with van der Waals surface area (Å²) in [5.74, 6) is 0. The second-order valence-electron chi connectivity index (χ2n) is 5.75. The Morgan fingerprint density at radius 3 is 2.29 bits per heavy atom. The van der Waals surface area contributed by atoms with Crippen LogP contribution in [0.2, 0.25) is 10.0 Å². The monoisotopic (exact) mass is 329 g/mol. The fourth-order valence-electron chi connectivity index (χ4n) is 2.99. The summed E-state index contributed by atoms with van der Waals surface area (Å²) < 4.78 is 0. The lowest BCUT2D eigenvalue weighted by Gasteiger charge is -2.41. The molecule has 0 radical (unpaired) electrons. The van der Waals surface area contributed by atoms with Crippen LogP contribution in [0.3, 0.4) is 0 Å². The first kappa shape index (κ1) is 17.0. The first-order chi connectivity index (χ1) is 10.1. The van der Waals surface area contributed by atoms with Crippen molar-refractivity contribution in [3.8, 4) is 0 Å². The van der Waals surface area contributed by atoms with E-state index in [9.17, 15) is 0 Å². The summed E-state index contributed by atoms with van der Waals surface area (Å²) in [6, 6.07) is 6.53. The largest absolute Gasteiger partial charge is 0.329 e. The van der Waals surface area contributed by atoms with Gasteiger partial charge in [0.25, 0.3) is 0 Å². The summed E-state index contributed by atoms with van der Waals surface area (Å²) in [5, 5.41) is 1.38. The standard InChI is InChI=1S/C16H25Cl2N3/c1-3-12(2)20-6-8-21(9-7-20)16(11-19)14-5-4-13(17)10-15(14)18/h4-5,10,12,16H,3,6-9,11,19H2,1-2H3. The molecule has 2 N–H and O–H groups in total. The maximum atomic E-state index is 6.35. The summed E-state index contributed by atoms with van der Waals surface area (Å²) >= 11 is 12.3. The minimum absolute atomic E-state index is 0.175. The quantitative estimate of drug-likeness (QED) is 0.898. The highest BCUT2D eigenvalue weighted by Gasteiger charge is 2.26. The van der Waals surface area contributed by atoms with E-state index in [2.05, 4.69) is 23.6 Å². The molecule has 0 amide bonds. The smallest absolute Gasteiger partial charge is 0.0486 e. The average Bonchev–Trinajstić information content (AvgIpc) is 2.50. The van der Waals surface area contributed by atoms with Gasteiger partial charge in [-0.3, -0.25) is 9.80 Å². The number of benzene rings is 1. The zero-order chi connectivity index (χ0) is 15.4. The Kier molecular flexibility index (Phi) is 6.33. The van der Waals surface area contributed by atoms with Gasteiger partial charge in [-0.15, -0.1) is 0 Å². The summed E-state index contributed by atoms with van der Waals surface area (Å²) in [6.07, 6.45) is 1.20. The normalized spacial score (nSPS) is 20.4. The Labute approximate surface area is 138 Å². The van der Waals surface area contributed by atoms with Gasteiger partial charge in [-0.05, 0) is 31.0 Å². The number of halogens is 2. The molecule has 5 heteroatoms. The molecule has 1 aromatic rings. The molecule has 1 aromatic carbocycles. The molecule has 2 rings (SSSR count). The predicted octanol–water partition coefficient (Wildman–Crippen LogP) is 3.41. The van der Waals surface area contributed by atoms with Gasteiger partial charge in [-0.2, -0.15) is 0 Å². The zero-order valence-electron chi connectivity index (χ0n) is 12.9. The predicted molar refractivity (Wildman–Crippen MR) is 91.2 cm³/mol. The molecule has 3 nitrogen and oxygen atoms in total. The fourth-order valence-corrected chi connectivity index (χ4v) is 3.53. The summed E-state index contributed by atoms with van der Waals surface area (Å²) in [6.45, 7) is 9.37. The highest BCUT2D eigenvalue weighted by molar-refractivity contribution is 6.35. The van der Waals surface area contributed by atoms with Crippen LogP contribution in [0.25, 0.3) is 0 Å².